The molecule has 8 nitrogen and oxygen atoms in total. The molecule has 1 atom stereocenters. The van der Waals surface area contributed by atoms with Gasteiger partial charge in [0.1, 0.15) is 12.3 Å². The molecule has 0 radical (unpaired) electrons. The van der Waals surface area contributed by atoms with Gasteiger partial charge in [0.05, 0.1) is 16.1 Å². The summed E-state index contributed by atoms with van der Waals surface area (Å²) in [6.45, 7) is -1.03. The number of hydrogen-bond donors (Lipinski definition) is 2. The normalized spacial score (nSPS) is 12.6. The maximum absolute atomic E-state index is 13.5. The van der Waals surface area contributed by atoms with Crippen LogP contribution in [-0.2, 0) is 25.8 Å². The number of carboxylic acid groups (broad SMARTS) is 2. The molecule has 39 heavy (non-hydrogen) atoms. The second-order valence-electron chi connectivity index (χ2n) is 8.30. The number of aliphatic carboxylic acids is 2. The van der Waals surface area contributed by atoms with Gasteiger partial charge in [-0.2, -0.15) is 13.2 Å². The van der Waals surface area contributed by atoms with Crippen LogP contribution in [0.2, 0.25) is 0 Å². The number of halogens is 3. The lowest BCUT2D eigenvalue weighted by atomic mass is 10.1. The summed E-state index contributed by atoms with van der Waals surface area (Å²) in [6, 6.07) is 19.6. The molecule has 0 aliphatic rings. The largest absolute Gasteiger partial charge is 0.480 e. The van der Waals surface area contributed by atoms with Gasteiger partial charge in [-0.15, -0.1) is 0 Å². The van der Waals surface area contributed by atoms with Crippen LogP contribution >= 0.6 is 0 Å². The SMILES string of the molecule is O=C(O)CN(c1ccc(OC(C(=O)O)c2ccccc2)c2ccccc12)S(=O)(=O)c1ccc(C(F)(F)F)cc1. The van der Waals surface area contributed by atoms with Gasteiger partial charge in [-0.1, -0.05) is 54.6 Å². The first-order chi connectivity index (χ1) is 18.4. The molecule has 1 unspecified atom stereocenters. The van der Waals surface area contributed by atoms with Crippen LogP contribution < -0.4 is 9.04 Å². The third-order valence-electron chi connectivity index (χ3n) is 5.75. The summed E-state index contributed by atoms with van der Waals surface area (Å²) in [7, 11) is -4.65. The van der Waals surface area contributed by atoms with Crippen molar-refractivity contribution in [2.24, 2.45) is 0 Å². The number of carbonyl (C=O) groups is 2. The highest BCUT2D eigenvalue weighted by atomic mass is 32.2. The first-order valence-electron chi connectivity index (χ1n) is 11.3. The molecule has 0 fully saturated rings. The predicted octanol–water partition coefficient (Wildman–Crippen LogP) is 5.34. The summed E-state index contributed by atoms with van der Waals surface area (Å²) in [5.74, 6) is -2.69. The number of anilines is 1. The molecule has 0 saturated heterocycles. The Morgan fingerprint density at radius 1 is 0.821 bits per heavy atom. The van der Waals surface area contributed by atoms with E-state index in [9.17, 15) is 41.4 Å². The van der Waals surface area contributed by atoms with Crippen molar-refractivity contribution in [1.82, 2.24) is 0 Å². The molecule has 0 aliphatic heterocycles. The zero-order valence-electron chi connectivity index (χ0n) is 19.9. The molecule has 4 aromatic carbocycles. The Kier molecular flexibility index (Phi) is 7.50. The van der Waals surface area contributed by atoms with Crippen molar-refractivity contribution in [3.05, 3.63) is 102 Å². The molecule has 0 spiro atoms. The Hall–Kier alpha value is -4.58. The molecular weight excluding hydrogens is 539 g/mol. The summed E-state index contributed by atoms with van der Waals surface area (Å²) >= 11 is 0. The van der Waals surface area contributed by atoms with E-state index in [1.54, 1.807) is 48.5 Å². The summed E-state index contributed by atoms with van der Waals surface area (Å²) in [5, 5.41) is 19.7. The molecule has 4 rings (SSSR count). The zero-order valence-corrected chi connectivity index (χ0v) is 20.7. The minimum absolute atomic E-state index is 0.0906. The summed E-state index contributed by atoms with van der Waals surface area (Å²) in [4.78, 5) is 23.1. The van der Waals surface area contributed by atoms with Crippen molar-refractivity contribution in [3.63, 3.8) is 0 Å². The Labute approximate surface area is 220 Å². The summed E-state index contributed by atoms with van der Waals surface area (Å²) in [6.07, 6.45) is -6.09. The van der Waals surface area contributed by atoms with Crippen molar-refractivity contribution in [3.8, 4) is 5.75 Å². The highest BCUT2D eigenvalue weighted by Crippen LogP contribution is 2.38. The number of sulfonamides is 1. The number of nitrogens with zero attached hydrogens (tertiary/aromatic N) is 1. The first kappa shape index (κ1) is 27.5. The summed E-state index contributed by atoms with van der Waals surface area (Å²) in [5.41, 5.74) is -0.799. The van der Waals surface area contributed by atoms with Crippen molar-refractivity contribution < 1.29 is 46.1 Å². The number of hydrogen-bond acceptors (Lipinski definition) is 5. The molecule has 4 aromatic rings. The quantitative estimate of drug-likeness (QED) is 0.284. The van der Waals surface area contributed by atoms with Crippen LogP contribution in [0.25, 0.3) is 10.8 Å². The molecule has 0 aliphatic carbocycles. The highest BCUT2D eigenvalue weighted by Gasteiger charge is 2.33. The predicted molar refractivity (Wildman–Crippen MR) is 135 cm³/mol. The van der Waals surface area contributed by atoms with Crippen LogP contribution in [0.3, 0.4) is 0 Å². The maximum Gasteiger partial charge on any atom is 0.416 e. The van der Waals surface area contributed by atoms with E-state index < -0.39 is 51.2 Å². The van der Waals surface area contributed by atoms with E-state index >= 15 is 0 Å². The fourth-order valence-corrected chi connectivity index (χ4v) is 5.39. The number of carboxylic acids is 2. The fourth-order valence-electron chi connectivity index (χ4n) is 3.96. The van der Waals surface area contributed by atoms with Gasteiger partial charge < -0.3 is 14.9 Å². The van der Waals surface area contributed by atoms with E-state index in [-0.39, 0.29) is 22.2 Å². The lowest BCUT2D eigenvalue weighted by Crippen LogP contribution is -2.36. The number of rotatable bonds is 9. The Bertz CT molecular complexity index is 1620. The van der Waals surface area contributed by atoms with E-state index in [4.69, 9.17) is 4.74 Å². The van der Waals surface area contributed by atoms with Crippen LogP contribution in [0, 0.1) is 0 Å². The van der Waals surface area contributed by atoms with Crippen LogP contribution in [-0.4, -0.2) is 37.1 Å². The molecule has 0 amide bonds. The van der Waals surface area contributed by atoms with Crippen molar-refractivity contribution in [2.75, 3.05) is 10.8 Å². The van der Waals surface area contributed by atoms with E-state index in [1.165, 1.54) is 18.2 Å². The number of ether oxygens (including phenoxy) is 1. The van der Waals surface area contributed by atoms with Crippen LogP contribution in [0.4, 0.5) is 18.9 Å². The van der Waals surface area contributed by atoms with Gasteiger partial charge in [0.2, 0.25) is 6.10 Å². The molecule has 2 N–H and O–H groups in total. The number of benzene rings is 4. The number of fused-ring (bicyclic) bond motifs is 1. The second kappa shape index (κ2) is 10.7. The average molecular weight is 560 g/mol. The molecule has 12 heteroatoms. The van der Waals surface area contributed by atoms with E-state index in [2.05, 4.69) is 0 Å². The molecule has 0 bridgehead atoms. The monoisotopic (exact) mass is 559 g/mol. The number of alkyl halides is 3. The molecule has 0 heterocycles. The van der Waals surface area contributed by atoms with Gasteiger partial charge in [0.25, 0.3) is 10.0 Å². The van der Waals surface area contributed by atoms with Crippen molar-refractivity contribution >= 4 is 38.4 Å². The molecule has 0 saturated carbocycles. The standard InChI is InChI=1S/C27H20F3NO7S/c28-27(29,30)18-10-12-19(13-11-18)39(36,37)31(16-24(32)33)22-14-15-23(21-9-5-4-8-20(21)22)38-25(26(34)35)17-6-2-1-3-7-17/h1-15,25H,16H2,(H,32,33)(H,34,35). The van der Waals surface area contributed by atoms with Crippen LogP contribution in [0.15, 0.2) is 95.9 Å². The van der Waals surface area contributed by atoms with Crippen molar-refractivity contribution in [2.45, 2.75) is 17.2 Å². The summed E-state index contributed by atoms with van der Waals surface area (Å²) < 4.78 is 72.3. The maximum atomic E-state index is 13.5. The minimum atomic E-state index is -4.69. The smallest absolute Gasteiger partial charge is 0.416 e. The first-order valence-corrected chi connectivity index (χ1v) is 12.7. The van der Waals surface area contributed by atoms with Gasteiger partial charge in [-0.3, -0.25) is 9.10 Å². The molecule has 202 valence electrons. The molecule has 0 aromatic heterocycles. The molecular formula is C27H20F3NO7S. The van der Waals surface area contributed by atoms with Gasteiger partial charge in [0, 0.05) is 16.3 Å². The average Bonchev–Trinajstić information content (AvgIpc) is 2.90. The van der Waals surface area contributed by atoms with Crippen molar-refractivity contribution in [1.29, 1.82) is 0 Å². The Morgan fingerprint density at radius 2 is 1.41 bits per heavy atom. The topological polar surface area (TPSA) is 121 Å². The lowest BCUT2D eigenvalue weighted by Gasteiger charge is -2.25. The van der Waals surface area contributed by atoms with Gasteiger partial charge in [-0.05, 0) is 36.4 Å². The van der Waals surface area contributed by atoms with Crippen LogP contribution in [0.1, 0.15) is 17.2 Å². The zero-order chi connectivity index (χ0) is 28.4. The third kappa shape index (κ3) is 5.80. The van der Waals surface area contributed by atoms with E-state index in [0.717, 1.165) is 12.1 Å². The Balaban J connectivity index is 1.82. The van der Waals surface area contributed by atoms with E-state index in [0.29, 0.717) is 22.0 Å². The Morgan fingerprint density at radius 3 is 1.97 bits per heavy atom. The minimum Gasteiger partial charge on any atom is -0.480 e. The van der Waals surface area contributed by atoms with Gasteiger partial charge in [0.15, 0.2) is 0 Å². The van der Waals surface area contributed by atoms with Crippen LogP contribution in [0.5, 0.6) is 5.75 Å². The third-order valence-corrected chi connectivity index (χ3v) is 7.52. The second-order valence-corrected chi connectivity index (χ2v) is 10.2. The van der Waals surface area contributed by atoms with Gasteiger partial charge >= 0.3 is 18.1 Å². The fraction of sp³-hybridized carbons (Fsp3) is 0.111. The highest BCUT2D eigenvalue weighted by molar-refractivity contribution is 7.92. The lowest BCUT2D eigenvalue weighted by molar-refractivity contribution is -0.145. The van der Waals surface area contributed by atoms with E-state index in [1.807, 2.05) is 0 Å². The van der Waals surface area contributed by atoms with Gasteiger partial charge in [-0.25, -0.2) is 13.2 Å².